The van der Waals surface area contributed by atoms with Crippen LogP contribution in [0, 0.1) is 11.2 Å². The number of carbonyl (C=O) groups excluding carboxylic acids is 1. The van der Waals surface area contributed by atoms with Crippen molar-refractivity contribution in [3.05, 3.63) is 29.1 Å². The van der Waals surface area contributed by atoms with E-state index in [4.69, 9.17) is 0 Å². The Hall–Kier alpha value is -1.42. The van der Waals surface area contributed by atoms with E-state index < -0.39 is 0 Å². The van der Waals surface area contributed by atoms with Crippen LogP contribution in [0.3, 0.4) is 0 Å². The molecular formula is C17H23FN2O. The van der Waals surface area contributed by atoms with Gasteiger partial charge in [-0.25, -0.2) is 4.39 Å². The van der Waals surface area contributed by atoms with Gasteiger partial charge in [-0.1, -0.05) is 25.8 Å². The van der Waals surface area contributed by atoms with E-state index in [-0.39, 0.29) is 17.1 Å². The molecule has 1 aromatic rings. The monoisotopic (exact) mass is 290 g/mol. The van der Waals surface area contributed by atoms with Gasteiger partial charge in [0, 0.05) is 12.0 Å². The molecule has 4 heteroatoms. The second-order valence-corrected chi connectivity index (χ2v) is 6.29. The van der Waals surface area contributed by atoms with Gasteiger partial charge < -0.3 is 10.6 Å². The summed E-state index contributed by atoms with van der Waals surface area (Å²) in [5.74, 6) is -0.248. The highest BCUT2D eigenvalue weighted by Crippen LogP contribution is 2.42. The van der Waals surface area contributed by atoms with E-state index in [1.807, 2.05) is 6.07 Å². The van der Waals surface area contributed by atoms with Crippen LogP contribution < -0.4 is 10.6 Å². The molecule has 1 amide bonds. The third-order valence-electron chi connectivity index (χ3n) is 5.17. The van der Waals surface area contributed by atoms with Crippen molar-refractivity contribution < 1.29 is 9.18 Å². The first-order valence-corrected chi connectivity index (χ1v) is 7.99. The standard InChI is InChI=1S/C17H23FN2O/c1-2-17(8-3-4-9-17)16(21)20-14-6-5-12-11-19-10-7-13(12)15(14)18/h5-6,19H,2-4,7-11H2,1H3,(H,20,21). The summed E-state index contributed by atoms with van der Waals surface area (Å²) in [6.07, 6.45) is 5.55. The zero-order valence-electron chi connectivity index (χ0n) is 12.6. The number of halogens is 1. The number of hydrogen-bond donors (Lipinski definition) is 2. The Bertz CT molecular complexity index is 550. The van der Waals surface area contributed by atoms with Gasteiger partial charge in [0.05, 0.1) is 5.69 Å². The molecule has 1 saturated carbocycles. The van der Waals surface area contributed by atoms with Gasteiger partial charge in [-0.05, 0) is 49.4 Å². The average molecular weight is 290 g/mol. The van der Waals surface area contributed by atoms with E-state index in [1.165, 1.54) is 0 Å². The lowest BCUT2D eigenvalue weighted by atomic mass is 9.82. The predicted octanol–water partition coefficient (Wildman–Crippen LogP) is 3.38. The smallest absolute Gasteiger partial charge is 0.230 e. The lowest BCUT2D eigenvalue weighted by Gasteiger charge is -2.27. The quantitative estimate of drug-likeness (QED) is 0.896. The van der Waals surface area contributed by atoms with E-state index in [2.05, 4.69) is 17.6 Å². The summed E-state index contributed by atoms with van der Waals surface area (Å²) in [6.45, 7) is 3.55. The van der Waals surface area contributed by atoms with E-state index in [0.717, 1.165) is 49.8 Å². The molecule has 3 rings (SSSR count). The predicted molar refractivity (Wildman–Crippen MR) is 81.6 cm³/mol. The number of hydrogen-bond acceptors (Lipinski definition) is 2. The van der Waals surface area contributed by atoms with Gasteiger partial charge in [-0.3, -0.25) is 4.79 Å². The Kier molecular flexibility index (Phi) is 3.98. The fourth-order valence-electron chi connectivity index (χ4n) is 3.68. The maximum Gasteiger partial charge on any atom is 0.230 e. The highest BCUT2D eigenvalue weighted by Gasteiger charge is 2.39. The summed E-state index contributed by atoms with van der Waals surface area (Å²) in [5.41, 5.74) is 1.82. The van der Waals surface area contributed by atoms with Crippen LogP contribution in [0.2, 0.25) is 0 Å². The van der Waals surface area contributed by atoms with Crippen molar-refractivity contribution in [2.45, 2.75) is 52.0 Å². The van der Waals surface area contributed by atoms with Crippen molar-refractivity contribution >= 4 is 11.6 Å². The molecule has 0 spiro atoms. The summed E-state index contributed by atoms with van der Waals surface area (Å²) in [5, 5.41) is 6.09. The minimum Gasteiger partial charge on any atom is -0.323 e. The van der Waals surface area contributed by atoms with E-state index >= 15 is 0 Å². The Balaban J connectivity index is 1.83. The second kappa shape index (κ2) is 5.76. The van der Waals surface area contributed by atoms with Crippen LogP contribution in [-0.4, -0.2) is 12.5 Å². The van der Waals surface area contributed by atoms with Crippen molar-refractivity contribution in [2.75, 3.05) is 11.9 Å². The van der Waals surface area contributed by atoms with Gasteiger partial charge in [0.1, 0.15) is 5.82 Å². The molecule has 2 aliphatic rings. The highest BCUT2D eigenvalue weighted by atomic mass is 19.1. The fourth-order valence-corrected chi connectivity index (χ4v) is 3.68. The van der Waals surface area contributed by atoms with Crippen LogP contribution in [0.25, 0.3) is 0 Å². The van der Waals surface area contributed by atoms with Gasteiger partial charge in [-0.15, -0.1) is 0 Å². The van der Waals surface area contributed by atoms with Crippen LogP contribution >= 0.6 is 0 Å². The summed E-state index contributed by atoms with van der Waals surface area (Å²) >= 11 is 0. The van der Waals surface area contributed by atoms with Crippen molar-refractivity contribution in [3.63, 3.8) is 0 Å². The zero-order valence-corrected chi connectivity index (χ0v) is 12.6. The van der Waals surface area contributed by atoms with Gasteiger partial charge in [0.15, 0.2) is 0 Å². The maximum atomic E-state index is 14.6. The van der Waals surface area contributed by atoms with Crippen molar-refractivity contribution in [2.24, 2.45) is 5.41 Å². The average Bonchev–Trinajstić information content (AvgIpc) is 3.00. The summed E-state index contributed by atoms with van der Waals surface area (Å²) in [6, 6.07) is 3.63. The largest absolute Gasteiger partial charge is 0.323 e. The van der Waals surface area contributed by atoms with Crippen LogP contribution in [0.5, 0.6) is 0 Å². The van der Waals surface area contributed by atoms with Gasteiger partial charge >= 0.3 is 0 Å². The zero-order chi connectivity index (χ0) is 14.9. The Morgan fingerprint density at radius 2 is 2.14 bits per heavy atom. The first-order chi connectivity index (χ1) is 10.2. The van der Waals surface area contributed by atoms with Gasteiger partial charge in [0.25, 0.3) is 0 Å². The molecule has 0 bridgehead atoms. The second-order valence-electron chi connectivity index (χ2n) is 6.29. The normalized spacial score (nSPS) is 20.1. The minimum atomic E-state index is -0.288. The molecule has 0 atom stereocenters. The first kappa shape index (κ1) is 14.5. The maximum absolute atomic E-state index is 14.6. The van der Waals surface area contributed by atoms with Crippen molar-refractivity contribution in [3.8, 4) is 0 Å². The number of rotatable bonds is 3. The molecule has 1 aliphatic carbocycles. The van der Waals surface area contributed by atoms with Crippen LogP contribution in [0.15, 0.2) is 12.1 Å². The molecule has 114 valence electrons. The van der Waals surface area contributed by atoms with Crippen LogP contribution in [-0.2, 0) is 17.8 Å². The van der Waals surface area contributed by atoms with E-state index in [0.29, 0.717) is 18.7 Å². The number of benzene rings is 1. The molecule has 0 aromatic heterocycles. The number of anilines is 1. The molecule has 1 aliphatic heterocycles. The molecule has 0 radical (unpaired) electrons. The molecule has 1 aromatic carbocycles. The Morgan fingerprint density at radius 1 is 1.38 bits per heavy atom. The molecule has 21 heavy (non-hydrogen) atoms. The first-order valence-electron chi connectivity index (χ1n) is 7.99. The lowest BCUT2D eigenvalue weighted by molar-refractivity contribution is -0.125. The van der Waals surface area contributed by atoms with Gasteiger partial charge in [-0.2, -0.15) is 0 Å². The van der Waals surface area contributed by atoms with Gasteiger partial charge in [0.2, 0.25) is 5.91 Å². The van der Waals surface area contributed by atoms with Crippen LogP contribution in [0.1, 0.15) is 50.2 Å². The molecule has 2 N–H and O–H groups in total. The van der Waals surface area contributed by atoms with E-state index in [9.17, 15) is 9.18 Å². The third-order valence-corrected chi connectivity index (χ3v) is 5.17. The Labute approximate surface area is 125 Å². The molecule has 1 fully saturated rings. The van der Waals surface area contributed by atoms with Crippen LogP contribution in [0.4, 0.5) is 10.1 Å². The minimum absolute atomic E-state index is 0.00437. The highest BCUT2D eigenvalue weighted by molar-refractivity contribution is 5.95. The number of nitrogens with one attached hydrogen (secondary N) is 2. The van der Waals surface area contributed by atoms with Crippen molar-refractivity contribution in [1.29, 1.82) is 0 Å². The van der Waals surface area contributed by atoms with E-state index in [1.54, 1.807) is 6.07 Å². The molecule has 3 nitrogen and oxygen atoms in total. The number of fused-ring (bicyclic) bond motifs is 1. The number of amides is 1. The summed E-state index contributed by atoms with van der Waals surface area (Å²) in [7, 11) is 0. The van der Waals surface area contributed by atoms with Crippen molar-refractivity contribution in [1.82, 2.24) is 5.32 Å². The topological polar surface area (TPSA) is 41.1 Å². The SMILES string of the molecule is CCC1(C(=O)Nc2ccc3c(c2F)CCNC3)CCCC1. The molecule has 1 heterocycles. The summed E-state index contributed by atoms with van der Waals surface area (Å²) in [4.78, 5) is 12.6. The lowest BCUT2D eigenvalue weighted by Crippen LogP contribution is -2.34. The Morgan fingerprint density at radius 3 is 2.86 bits per heavy atom. The third kappa shape index (κ3) is 2.57. The molecular weight excluding hydrogens is 267 g/mol. The fraction of sp³-hybridized carbons (Fsp3) is 0.588. The summed E-state index contributed by atoms with van der Waals surface area (Å²) < 4.78 is 14.6. The number of carbonyl (C=O) groups is 1. The molecule has 0 saturated heterocycles. The molecule has 0 unspecified atom stereocenters.